The molecule has 0 aliphatic rings. The molecule has 0 radical (unpaired) electrons. The lowest BCUT2D eigenvalue weighted by molar-refractivity contribution is 0.549. The van der Waals surface area contributed by atoms with Gasteiger partial charge in [0.15, 0.2) is 0 Å². The van der Waals surface area contributed by atoms with Gasteiger partial charge < -0.3 is 0 Å². The SMILES string of the molecule is CCC(NS(=O)(=O)c1cc(Cl)ccc1C#N)c1ccncc1. The van der Waals surface area contributed by atoms with Crippen LogP contribution in [0.1, 0.15) is 30.5 Å². The molecule has 0 fully saturated rings. The van der Waals surface area contributed by atoms with Crippen molar-refractivity contribution in [1.29, 1.82) is 5.26 Å². The Bertz CT molecular complexity index is 801. The minimum absolute atomic E-state index is 0.0569. The Morgan fingerprint density at radius 1 is 1.32 bits per heavy atom. The summed E-state index contributed by atoms with van der Waals surface area (Å²) in [5, 5.41) is 9.35. The molecule has 5 nitrogen and oxygen atoms in total. The van der Waals surface area contributed by atoms with Gasteiger partial charge in [0.2, 0.25) is 10.0 Å². The number of nitrogens with zero attached hydrogens (tertiary/aromatic N) is 2. The third-order valence-electron chi connectivity index (χ3n) is 3.17. The fourth-order valence-electron chi connectivity index (χ4n) is 2.04. The van der Waals surface area contributed by atoms with Gasteiger partial charge in [0.1, 0.15) is 11.0 Å². The summed E-state index contributed by atoms with van der Waals surface area (Å²) in [7, 11) is -3.86. The van der Waals surface area contributed by atoms with E-state index in [1.165, 1.54) is 18.2 Å². The van der Waals surface area contributed by atoms with Crippen LogP contribution >= 0.6 is 11.6 Å². The number of benzene rings is 1. The Morgan fingerprint density at radius 3 is 2.59 bits per heavy atom. The largest absolute Gasteiger partial charge is 0.265 e. The van der Waals surface area contributed by atoms with Crippen LogP contribution < -0.4 is 4.72 Å². The molecule has 0 spiro atoms. The highest BCUT2D eigenvalue weighted by Crippen LogP contribution is 2.24. The first-order valence-corrected chi connectivity index (χ1v) is 8.46. The molecule has 7 heteroatoms. The predicted molar refractivity (Wildman–Crippen MR) is 83.8 cm³/mol. The summed E-state index contributed by atoms with van der Waals surface area (Å²) in [6.07, 6.45) is 3.77. The zero-order valence-corrected chi connectivity index (χ0v) is 13.4. The molecule has 0 saturated heterocycles. The second-order valence-electron chi connectivity index (χ2n) is 4.61. The Kier molecular flexibility index (Phi) is 5.14. The average Bonchev–Trinajstić information content (AvgIpc) is 2.53. The van der Waals surface area contributed by atoms with E-state index in [-0.39, 0.29) is 15.5 Å². The van der Waals surface area contributed by atoms with Crippen LogP contribution in [-0.4, -0.2) is 13.4 Å². The van der Waals surface area contributed by atoms with Crippen molar-refractivity contribution in [1.82, 2.24) is 9.71 Å². The van der Waals surface area contributed by atoms with E-state index >= 15 is 0 Å². The Balaban J connectivity index is 2.39. The van der Waals surface area contributed by atoms with Gasteiger partial charge in [-0.15, -0.1) is 0 Å². The number of pyridine rings is 1. The molecule has 0 saturated carbocycles. The van der Waals surface area contributed by atoms with Crippen LogP contribution in [0.4, 0.5) is 0 Å². The van der Waals surface area contributed by atoms with Crippen molar-refractivity contribution in [2.45, 2.75) is 24.3 Å². The van der Waals surface area contributed by atoms with Crippen LogP contribution in [0.5, 0.6) is 0 Å². The van der Waals surface area contributed by atoms with Gasteiger partial charge in [0, 0.05) is 23.5 Å². The second-order valence-corrected chi connectivity index (χ2v) is 6.73. The highest BCUT2D eigenvalue weighted by atomic mass is 35.5. The van der Waals surface area contributed by atoms with E-state index in [9.17, 15) is 8.42 Å². The van der Waals surface area contributed by atoms with E-state index < -0.39 is 16.1 Å². The summed E-state index contributed by atoms with van der Waals surface area (Å²) in [5.41, 5.74) is 0.864. The summed E-state index contributed by atoms with van der Waals surface area (Å²) < 4.78 is 27.8. The molecule has 1 N–H and O–H groups in total. The van der Waals surface area contributed by atoms with Gasteiger partial charge in [-0.2, -0.15) is 5.26 Å². The van der Waals surface area contributed by atoms with Crippen LogP contribution in [0.2, 0.25) is 5.02 Å². The molecule has 114 valence electrons. The number of hydrogen-bond donors (Lipinski definition) is 1. The van der Waals surface area contributed by atoms with E-state index in [2.05, 4.69) is 9.71 Å². The zero-order valence-electron chi connectivity index (χ0n) is 11.8. The lowest BCUT2D eigenvalue weighted by Gasteiger charge is -2.18. The Hall–Kier alpha value is -1.94. The van der Waals surface area contributed by atoms with Crippen molar-refractivity contribution in [2.75, 3.05) is 0 Å². The van der Waals surface area contributed by atoms with Gasteiger partial charge in [-0.3, -0.25) is 4.98 Å². The lowest BCUT2D eigenvalue weighted by atomic mass is 10.1. The van der Waals surface area contributed by atoms with Gasteiger partial charge in [-0.05, 0) is 42.3 Å². The number of sulfonamides is 1. The predicted octanol–water partition coefficient (Wildman–Crippen LogP) is 3.04. The number of hydrogen-bond acceptors (Lipinski definition) is 4. The number of rotatable bonds is 5. The first-order valence-electron chi connectivity index (χ1n) is 6.60. The molecule has 1 atom stereocenters. The molecule has 1 aromatic carbocycles. The molecule has 0 aliphatic carbocycles. The second kappa shape index (κ2) is 6.88. The molecule has 2 rings (SSSR count). The van der Waals surface area contributed by atoms with Crippen LogP contribution in [0.15, 0.2) is 47.6 Å². The van der Waals surface area contributed by atoms with E-state index in [0.717, 1.165) is 5.56 Å². The third-order valence-corrected chi connectivity index (χ3v) is 4.91. The quantitative estimate of drug-likeness (QED) is 0.910. The van der Waals surface area contributed by atoms with Gasteiger partial charge >= 0.3 is 0 Å². The molecule has 0 bridgehead atoms. The fraction of sp³-hybridized carbons (Fsp3) is 0.200. The molecular weight excluding hydrogens is 322 g/mol. The smallest absolute Gasteiger partial charge is 0.242 e. The van der Waals surface area contributed by atoms with Crippen LogP contribution in [0.3, 0.4) is 0 Å². The van der Waals surface area contributed by atoms with E-state index in [4.69, 9.17) is 16.9 Å². The maximum Gasteiger partial charge on any atom is 0.242 e. The van der Waals surface area contributed by atoms with Gasteiger partial charge in [0.25, 0.3) is 0 Å². The van der Waals surface area contributed by atoms with Crippen molar-refractivity contribution in [3.8, 4) is 6.07 Å². The number of halogens is 1. The molecule has 1 unspecified atom stereocenters. The molecule has 2 aromatic rings. The Labute approximate surface area is 134 Å². The highest BCUT2D eigenvalue weighted by molar-refractivity contribution is 7.89. The maximum atomic E-state index is 12.6. The number of nitrogens with one attached hydrogen (secondary N) is 1. The summed E-state index contributed by atoms with van der Waals surface area (Å²) >= 11 is 5.86. The van der Waals surface area contributed by atoms with Crippen molar-refractivity contribution < 1.29 is 8.42 Å². The zero-order chi connectivity index (χ0) is 16.2. The van der Waals surface area contributed by atoms with E-state index in [0.29, 0.717) is 6.42 Å². The summed E-state index contributed by atoms with van der Waals surface area (Å²) in [6, 6.07) is 9.13. The first-order chi connectivity index (χ1) is 10.5. The Morgan fingerprint density at radius 2 is 2.00 bits per heavy atom. The maximum absolute atomic E-state index is 12.6. The topological polar surface area (TPSA) is 82.9 Å². The standard InChI is InChI=1S/C15H14ClN3O2S/c1-2-14(11-5-7-18-8-6-11)19-22(20,21)15-9-13(16)4-3-12(15)10-17/h3-9,14,19H,2H2,1H3. The van der Waals surface area contributed by atoms with Crippen molar-refractivity contribution in [2.24, 2.45) is 0 Å². The number of nitriles is 1. The fourth-order valence-corrected chi connectivity index (χ4v) is 3.77. The molecule has 1 aromatic heterocycles. The van der Waals surface area contributed by atoms with Crippen molar-refractivity contribution in [3.05, 3.63) is 58.9 Å². The van der Waals surface area contributed by atoms with Crippen molar-refractivity contribution >= 4 is 21.6 Å². The van der Waals surface area contributed by atoms with Gasteiger partial charge in [-0.25, -0.2) is 13.1 Å². The van der Waals surface area contributed by atoms with Gasteiger partial charge in [0.05, 0.1) is 5.56 Å². The number of aromatic nitrogens is 1. The molecular formula is C15H14ClN3O2S. The lowest BCUT2D eigenvalue weighted by Crippen LogP contribution is -2.29. The monoisotopic (exact) mass is 335 g/mol. The summed E-state index contributed by atoms with van der Waals surface area (Å²) in [6.45, 7) is 1.87. The minimum atomic E-state index is -3.86. The average molecular weight is 336 g/mol. The van der Waals surface area contributed by atoms with Crippen LogP contribution in [-0.2, 0) is 10.0 Å². The summed E-state index contributed by atoms with van der Waals surface area (Å²) in [5.74, 6) is 0. The van der Waals surface area contributed by atoms with Gasteiger partial charge in [-0.1, -0.05) is 18.5 Å². The van der Waals surface area contributed by atoms with Crippen LogP contribution in [0, 0.1) is 11.3 Å². The molecule has 0 aliphatic heterocycles. The normalized spacial score (nSPS) is 12.6. The molecule has 22 heavy (non-hydrogen) atoms. The molecule has 0 amide bonds. The van der Waals surface area contributed by atoms with E-state index in [1.807, 2.05) is 13.0 Å². The highest BCUT2D eigenvalue weighted by Gasteiger charge is 2.23. The van der Waals surface area contributed by atoms with Crippen molar-refractivity contribution in [3.63, 3.8) is 0 Å². The first kappa shape index (κ1) is 16.4. The minimum Gasteiger partial charge on any atom is -0.265 e. The summed E-state index contributed by atoms with van der Waals surface area (Å²) in [4.78, 5) is 3.80. The van der Waals surface area contributed by atoms with E-state index in [1.54, 1.807) is 24.5 Å². The molecule has 1 heterocycles. The third kappa shape index (κ3) is 3.63. The van der Waals surface area contributed by atoms with Crippen LogP contribution in [0.25, 0.3) is 0 Å².